The number of nitrogens with zero attached hydrogens (tertiary/aromatic N) is 1. The summed E-state index contributed by atoms with van der Waals surface area (Å²) in [6, 6.07) is 24.4. The lowest BCUT2D eigenvalue weighted by Crippen LogP contribution is -2.21. The Bertz CT molecular complexity index is 1720. The van der Waals surface area contributed by atoms with Crippen LogP contribution >= 0.6 is 11.6 Å². The predicted octanol–water partition coefficient (Wildman–Crippen LogP) is 5.88. The van der Waals surface area contributed by atoms with Crippen molar-refractivity contribution in [2.24, 2.45) is 0 Å². The van der Waals surface area contributed by atoms with Gasteiger partial charge in [0.25, 0.3) is 11.5 Å². The van der Waals surface area contributed by atoms with Gasteiger partial charge in [0, 0.05) is 28.4 Å². The fourth-order valence-corrected chi connectivity index (χ4v) is 4.29. The van der Waals surface area contributed by atoms with Crippen LogP contribution in [0.2, 0.25) is 5.02 Å². The molecule has 2 aromatic heterocycles. The van der Waals surface area contributed by atoms with Gasteiger partial charge in [-0.25, -0.2) is 0 Å². The summed E-state index contributed by atoms with van der Waals surface area (Å²) in [5.41, 5.74) is 2.41. The van der Waals surface area contributed by atoms with Crippen molar-refractivity contribution in [3.63, 3.8) is 0 Å². The van der Waals surface area contributed by atoms with Gasteiger partial charge < -0.3 is 14.3 Å². The van der Waals surface area contributed by atoms with Crippen molar-refractivity contribution in [2.45, 2.75) is 13.5 Å². The summed E-state index contributed by atoms with van der Waals surface area (Å²) in [5, 5.41) is 3.69. The largest absolute Gasteiger partial charge is 0.455 e. The maximum Gasteiger partial charge on any atom is 0.259 e. The summed E-state index contributed by atoms with van der Waals surface area (Å²) in [7, 11) is 0. The minimum atomic E-state index is -0.463. The van der Waals surface area contributed by atoms with E-state index in [0.717, 1.165) is 11.1 Å². The molecule has 36 heavy (non-hydrogen) atoms. The lowest BCUT2D eigenvalue weighted by molar-refractivity contribution is 0.102. The molecule has 0 unspecified atom stereocenters. The second kappa shape index (κ2) is 9.68. The van der Waals surface area contributed by atoms with Crippen LogP contribution in [0, 0.1) is 6.92 Å². The molecule has 0 bridgehead atoms. The molecular weight excluding hydrogens is 476 g/mol. The van der Waals surface area contributed by atoms with Crippen LogP contribution in [0.4, 0.5) is 5.69 Å². The Morgan fingerprint density at radius 2 is 1.67 bits per heavy atom. The highest BCUT2D eigenvalue weighted by Crippen LogP contribution is 2.27. The third-order valence-electron chi connectivity index (χ3n) is 5.97. The van der Waals surface area contributed by atoms with E-state index in [-0.39, 0.29) is 28.7 Å². The number of benzene rings is 3. The van der Waals surface area contributed by atoms with E-state index in [1.165, 1.54) is 16.7 Å². The van der Waals surface area contributed by atoms with Crippen molar-refractivity contribution in [1.82, 2.24) is 4.57 Å². The number of fused-ring (bicyclic) bond motifs is 1. The number of amides is 1. The number of nitrogens with one attached hydrogen (secondary N) is 1. The highest BCUT2D eigenvalue weighted by Gasteiger charge is 2.19. The molecule has 6 nitrogen and oxygen atoms in total. The van der Waals surface area contributed by atoms with Gasteiger partial charge in [-0.2, -0.15) is 0 Å². The molecule has 0 aliphatic rings. The maximum absolute atomic E-state index is 13.3. The molecule has 0 radical (unpaired) electrons. The average molecular weight is 497 g/mol. The van der Waals surface area contributed by atoms with E-state index in [2.05, 4.69) is 5.32 Å². The highest BCUT2D eigenvalue weighted by molar-refractivity contribution is 6.31. The Balaban J connectivity index is 1.52. The number of aromatic nitrogens is 1. The zero-order chi connectivity index (χ0) is 25.2. The number of halogens is 1. The first-order valence-corrected chi connectivity index (χ1v) is 11.7. The van der Waals surface area contributed by atoms with Crippen LogP contribution in [0.25, 0.3) is 22.3 Å². The molecule has 0 saturated heterocycles. The normalized spacial score (nSPS) is 10.9. The monoisotopic (exact) mass is 496 g/mol. The second-order valence-electron chi connectivity index (χ2n) is 8.36. The van der Waals surface area contributed by atoms with Gasteiger partial charge in [-0.1, -0.05) is 66.2 Å². The molecule has 0 aliphatic carbocycles. The number of para-hydroxylation sites is 1. The van der Waals surface area contributed by atoms with Gasteiger partial charge in [0.1, 0.15) is 5.76 Å². The minimum Gasteiger partial charge on any atom is -0.455 e. The molecule has 5 rings (SSSR count). The summed E-state index contributed by atoms with van der Waals surface area (Å²) < 4.78 is 7.62. The third kappa shape index (κ3) is 4.46. The van der Waals surface area contributed by atoms with Crippen molar-refractivity contribution >= 4 is 34.2 Å². The smallest absolute Gasteiger partial charge is 0.259 e. The van der Waals surface area contributed by atoms with Gasteiger partial charge in [0.2, 0.25) is 0 Å². The van der Waals surface area contributed by atoms with Gasteiger partial charge in [-0.15, -0.1) is 0 Å². The second-order valence-corrected chi connectivity index (χ2v) is 8.77. The number of carbonyl (C=O) groups is 1. The summed E-state index contributed by atoms with van der Waals surface area (Å²) in [5.74, 6) is -0.0452. The van der Waals surface area contributed by atoms with Gasteiger partial charge >= 0.3 is 0 Å². The lowest BCUT2D eigenvalue weighted by atomic mass is 10.0. The molecule has 2 heterocycles. The van der Waals surface area contributed by atoms with E-state index in [1.54, 1.807) is 37.4 Å². The summed E-state index contributed by atoms with van der Waals surface area (Å²) in [6.07, 6.45) is 1.56. The Morgan fingerprint density at radius 1 is 0.917 bits per heavy atom. The first-order chi connectivity index (χ1) is 17.4. The van der Waals surface area contributed by atoms with E-state index >= 15 is 0 Å². The number of anilines is 1. The van der Waals surface area contributed by atoms with E-state index < -0.39 is 5.91 Å². The highest BCUT2D eigenvalue weighted by atomic mass is 35.5. The number of hydrogen-bond donors (Lipinski definition) is 1. The van der Waals surface area contributed by atoms with E-state index in [1.807, 2.05) is 48.5 Å². The summed E-state index contributed by atoms with van der Waals surface area (Å²) >= 11 is 6.25. The number of hydrogen-bond acceptors (Lipinski definition) is 4. The number of pyridine rings is 1. The fourth-order valence-electron chi connectivity index (χ4n) is 4.09. The zero-order valence-electron chi connectivity index (χ0n) is 19.3. The van der Waals surface area contributed by atoms with Gasteiger partial charge in [0.15, 0.2) is 11.0 Å². The van der Waals surface area contributed by atoms with Crippen LogP contribution < -0.4 is 16.3 Å². The first kappa shape index (κ1) is 23.3. The summed E-state index contributed by atoms with van der Waals surface area (Å²) in [4.78, 5) is 38.8. The molecule has 1 amide bonds. The van der Waals surface area contributed by atoms with Crippen LogP contribution in [0.15, 0.2) is 105 Å². The van der Waals surface area contributed by atoms with Crippen molar-refractivity contribution in [3.05, 3.63) is 133 Å². The van der Waals surface area contributed by atoms with Gasteiger partial charge in [-0.3, -0.25) is 14.4 Å². The Morgan fingerprint density at radius 3 is 2.44 bits per heavy atom. The number of carbonyl (C=O) groups excluding carboxylic acids is 1. The fraction of sp³-hybridized carbons (Fsp3) is 0.0690. The number of rotatable bonds is 5. The molecule has 3 aromatic carbocycles. The van der Waals surface area contributed by atoms with Crippen molar-refractivity contribution in [2.75, 3.05) is 5.32 Å². The quantitative estimate of drug-likeness (QED) is 0.329. The molecule has 0 aliphatic heterocycles. The van der Waals surface area contributed by atoms with Crippen LogP contribution in [0.5, 0.6) is 0 Å². The Kier molecular flexibility index (Phi) is 6.27. The Hall–Kier alpha value is -4.42. The summed E-state index contributed by atoms with van der Waals surface area (Å²) in [6.45, 7) is 1.97. The topological polar surface area (TPSA) is 81.3 Å². The van der Waals surface area contributed by atoms with E-state index in [0.29, 0.717) is 27.4 Å². The van der Waals surface area contributed by atoms with Crippen molar-refractivity contribution < 1.29 is 9.21 Å². The van der Waals surface area contributed by atoms with Crippen LogP contribution in [0.1, 0.15) is 21.5 Å². The lowest BCUT2D eigenvalue weighted by Gasteiger charge is -2.12. The third-order valence-corrected chi connectivity index (χ3v) is 6.33. The molecular formula is C29H21ClN2O4. The van der Waals surface area contributed by atoms with Gasteiger partial charge in [0.05, 0.1) is 23.2 Å². The van der Waals surface area contributed by atoms with E-state index in [9.17, 15) is 14.4 Å². The van der Waals surface area contributed by atoms with Crippen LogP contribution in [-0.2, 0) is 6.54 Å². The van der Waals surface area contributed by atoms with Crippen LogP contribution in [-0.4, -0.2) is 10.5 Å². The predicted molar refractivity (Wildman–Crippen MR) is 142 cm³/mol. The van der Waals surface area contributed by atoms with Gasteiger partial charge in [-0.05, 0) is 36.8 Å². The molecule has 5 aromatic rings. The standard InChI is InChI=1S/C29H21ClN2O4/c1-18-26(34)22-11-7-12-23(28(22)36-27(18)19-8-3-2-4-9-19)29(35)31-21-14-15-25(33)32(17-21)16-20-10-5-6-13-24(20)30/h2-15,17H,16H2,1H3,(H,31,35). The van der Waals surface area contributed by atoms with Crippen LogP contribution in [0.3, 0.4) is 0 Å². The zero-order valence-corrected chi connectivity index (χ0v) is 20.1. The molecule has 0 saturated carbocycles. The van der Waals surface area contributed by atoms with Crippen molar-refractivity contribution in [3.8, 4) is 11.3 Å². The molecule has 0 spiro atoms. The molecule has 178 valence electrons. The molecule has 1 N–H and O–H groups in total. The average Bonchev–Trinajstić information content (AvgIpc) is 2.89. The molecule has 0 atom stereocenters. The molecule has 0 fully saturated rings. The minimum absolute atomic E-state index is 0.196. The molecule has 7 heteroatoms. The van der Waals surface area contributed by atoms with Crippen molar-refractivity contribution in [1.29, 1.82) is 0 Å². The maximum atomic E-state index is 13.3. The Labute approximate surface area is 211 Å². The first-order valence-electron chi connectivity index (χ1n) is 11.3. The van der Waals surface area contributed by atoms with E-state index in [4.69, 9.17) is 16.0 Å². The SMILES string of the molecule is Cc1c(-c2ccccc2)oc2c(C(=O)Nc3ccc(=O)n(Cc4ccccc4Cl)c3)cccc2c1=O.